The van der Waals surface area contributed by atoms with E-state index >= 15 is 0 Å². The number of nitrogens with one attached hydrogen (secondary N) is 1. The highest BCUT2D eigenvalue weighted by Crippen LogP contribution is 2.38. The van der Waals surface area contributed by atoms with Gasteiger partial charge in [-0.15, -0.1) is 0 Å². The number of rotatable bonds is 8. The van der Waals surface area contributed by atoms with Gasteiger partial charge in [0, 0.05) is 30.0 Å². The standard InChI is InChI=1S/C25H31N3O3.CH2O2/c1-29-23-15-20-22(16-24(23)31-13-6-12-28-10-4-5-11-28)27-21-8-3-2-7-19(21)25(20)26-18-9-14-30-17-18;2-1-3/h2-3,7-8,15-16,18H,4-6,9-14,17H2,1H3,(H,26,27);1H,(H,2,3)/t18-;/m1./s1. The molecule has 34 heavy (non-hydrogen) atoms. The number of carbonyl (C=O) groups is 1. The van der Waals surface area contributed by atoms with E-state index in [0.29, 0.717) is 12.6 Å². The number of nitrogens with zero attached hydrogens (tertiary/aromatic N) is 2. The van der Waals surface area contributed by atoms with Crippen molar-refractivity contribution in [2.24, 2.45) is 0 Å². The van der Waals surface area contributed by atoms with Crippen molar-refractivity contribution in [3.05, 3.63) is 36.4 Å². The van der Waals surface area contributed by atoms with Gasteiger partial charge in [0.15, 0.2) is 11.5 Å². The summed E-state index contributed by atoms with van der Waals surface area (Å²) in [7, 11) is 1.70. The number of likely N-dealkylation sites (tertiary alicyclic amines) is 1. The maximum atomic E-state index is 8.36. The van der Waals surface area contributed by atoms with Crippen molar-refractivity contribution in [1.29, 1.82) is 0 Å². The number of fused-ring (bicyclic) bond motifs is 2. The first kappa shape index (κ1) is 24.0. The Morgan fingerprint density at radius 1 is 1.18 bits per heavy atom. The molecule has 2 N–H and O–H groups in total. The van der Waals surface area contributed by atoms with E-state index in [1.54, 1.807) is 7.11 Å². The first-order valence-electron chi connectivity index (χ1n) is 11.9. The average molecular weight is 468 g/mol. The van der Waals surface area contributed by atoms with E-state index in [4.69, 9.17) is 29.1 Å². The zero-order valence-corrected chi connectivity index (χ0v) is 19.7. The number of hydrogen-bond donors (Lipinski definition) is 2. The molecule has 0 saturated carbocycles. The quantitative estimate of drug-likeness (QED) is 0.290. The number of aromatic nitrogens is 1. The summed E-state index contributed by atoms with van der Waals surface area (Å²) in [6.07, 6.45) is 4.67. The first-order valence-corrected chi connectivity index (χ1v) is 11.9. The Bertz CT molecular complexity index is 1090. The Kier molecular flexibility index (Phi) is 8.38. The molecule has 8 heteroatoms. The van der Waals surface area contributed by atoms with Gasteiger partial charge in [-0.05, 0) is 50.9 Å². The van der Waals surface area contributed by atoms with Crippen LogP contribution < -0.4 is 14.8 Å². The van der Waals surface area contributed by atoms with Crippen LogP contribution in [-0.4, -0.2) is 74.1 Å². The second-order valence-corrected chi connectivity index (χ2v) is 8.59. The van der Waals surface area contributed by atoms with Gasteiger partial charge in [0.05, 0.1) is 43.1 Å². The van der Waals surface area contributed by atoms with E-state index < -0.39 is 0 Å². The average Bonchev–Trinajstić information content (AvgIpc) is 3.56. The lowest BCUT2D eigenvalue weighted by Gasteiger charge is -2.19. The molecule has 2 saturated heterocycles. The van der Waals surface area contributed by atoms with Crippen LogP contribution in [0.25, 0.3) is 21.8 Å². The predicted octanol–water partition coefficient (Wildman–Crippen LogP) is 4.16. The lowest BCUT2D eigenvalue weighted by molar-refractivity contribution is -0.122. The maximum absolute atomic E-state index is 8.36. The van der Waals surface area contributed by atoms with Gasteiger partial charge in [0.25, 0.3) is 6.47 Å². The van der Waals surface area contributed by atoms with Crippen LogP contribution in [0.1, 0.15) is 25.7 Å². The van der Waals surface area contributed by atoms with Crippen molar-refractivity contribution >= 4 is 34.0 Å². The lowest BCUT2D eigenvalue weighted by Crippen LogP contribution is -2.22. The summed E-state index contributed by atoms with van der Waals surface area (Å²) in [5.74, 6) is 1.51. The Balaban J connectivity index is 0.000000868. The Morgan fingerprint density at radius 3 is 2.71 bits per heavy atom. The molecule has 3 aromatic rings. The van der Waals surface area contributed by atoms with Crippen LogP contribution >= 0.6 is 0 Å². The number of pyridine rings is 1. The zero-order valence-electron chi connectivity index (χ0n) is 19.7. The molecular formula is C26H33N3O5. The van der Waals surface area contributed by atoms with Gasteiger partial charge in [0.2, 0.25) is 0 Å². The minimum absolute atomic E-state index is 0.250. The highest BCUT2D eigenvalue weighted by molar-refractivity contribution is 6.08. The molecule has 5 rings (SSSR count). The monoisotopic (exact) mass is 467 g/mol. The van der Waals surface area contributed by atoms with Gasteiger partial charge in [0.1, 0.15) is 0 Å². The van der Waals surface area contributed by atoms with Crippen LogP contribution in [0.2, 0.25) is 0 Å². The van der Waals surface area contributed by atoms with Crippen molar-refractivity contribution in [3.63, 3.8) is 0 Å². The summed E-state index contributed by atoms with van der Waals surface area (Å²) in [5, 5.41) is 12.8. The van der Waals surface area contributed by atoms with Gasteiger partial charge in [-0.3, -0.25) is 4.79 Å². The van der Waals surface area contributed by atoms with E-state index in [0.717, 1.165) is 71.6 Å². The third-order valence-corrected chi connectivity index (χ3v) is 6.32. The first-order chi connectivity index (χ1) is 16.7. The molecule has 2 aromatic carbocycles. The fourth-order valence-corrected chi connectivity index (χ4v) is 4.66. The largest absolute Gasteiger partial charge is 0.493 e. The van der Waals surface area contributed by atoms with Crippen molar-refractivity contribution < 1.29 is 24.1 Å². The molecule has 2 aliphatic heterocycles. The minimum atomic E-state index is -0.250. The molecule has 1 aromatic heterocycles. The Labute approximate surface area is 199 Å². The molecule has 0 unspecified atom stereocenters. The molecule has 0 amide bonds. The molecule has 182 valence electrons. The summed E-state index contributed by atoms with van der Waals surface area (Å²) < 4.78 is 17.4. The molecule has 3 heterocycles. The van der Waals surface area contributed by atoms with E-state index in [1.165, 1.54) is 25.9 Å². The summed E-state index contributed by atoms with van der Waals surface area (Å²) in [6, 6.07) is 12.7. The number of hydrogen-bond acceptors (Lipinski definition) is 7. The second kappa shape index (κ2) is 11.9. The highest BCUT2D eigenvalue weighted by Gasteiger charge is 2.20. The summed E-state index contributed by atoms with van der Waals surface area (Å²) in [6.45, 7) is 5.49. The van der Waals surface area contributed by atoms with Crippen LogP contribution in [0.5, 0.6) is 11.5 Å². The third-order valence-electron chi connectivity index (χ3n) is 6.32. The lowest BCUT2D eigenvalue weighted by atomic mass is 10.1. The molecule has 1 atom stereocenters. The number of anilines is 1. The van der Waals surface area contributed by atoms with Gasteiger partial charge in [-0.2, -0.15) is 0 Å². The van der Waals surface area contributed by atoms with Gasteiger partial charge in [-0.25, -0.2) is 4.98 Å². The molecule has 8 nitrogen and oxygen atoms in total. The maximum Gasteiger partial charge on any atom is 0.290 e. The number of ether oxygens (including phenoxy) is 3. The second-order valence-electron chi connectivity index (χ2n) is 8.59. The van der Waals surface area contributed by atoms with Crippen LogP contribution in [0.15, 0.2) is 36.4 Å². The Hall–Kier alpha value is -3.10. The highest BCUT2D eigenvalue weighted by atomic mass is 16.5. The van der Waals surface area contributed by atoms with Gasteiger partial charge < -0.3 is 29.5 Å². The van der Waals surface area contributed by atoms with Crippen LogP contribution in [0.4, 0.5) is 5.69 Å². The molecular weight excluding hydrogens is 434 g/mol. The smallest absolute Gasteiger partial charge is 0.290 e. The summed E-state index contributed by atoms with van der Waals surface area (Å²) in [5.41, 5.74) is 2.98. The topological polar surface area (TPSA) is 93.2 Å². The number of benzene rings is 2. The van der Waals surface area contributed by atoms with Crippen molar-refractivity contribution in [3.8, 4) is 11.5 Å². The van der Waals surface area contributed by atoms with Crippen LogP contribution in [0, 0.1) is 0 Å². The zero-order chi connectivity index (χ0) is 23.8. The fourth-order valence-electron chi connectivity index (χ4n) is 4.66. The molecule has 0 aliphatic carbocycles. The fraction of sp³-hybridized carbons (Fsp3) is 0.462. The summed E-state index contributed by atoms with van der Waals surface area (Å²) >= 11 is 0. The van der Waals surface area contributed by atoms with Crippen LogP contribution in [0.3, 0.4) is 0 Å². The summed E-state index contributed by atoms with van der Waals surface area (Å²) in [4.78, 5) is 15.8. The Morgan fingerprint density at radius 2 is 1.97 bits per heavy atom. The van der Waals surface area contributed by atoms with Gasteiger partial charge >= 0.3 is 0 Å². The molecule has 2 aliphatic rings. The van der Waals surface area contributed by atoms with Crippen molar-refractivity contribution in [2.75, 3.05) is 51.9 Å². The van der Waals surface area contributed by atoms with Gasteiger partial charge in [-0.1, -0.05) is 18.2 Å². The molecule has 2 fully saturated rings. The SMILES string of the molecule is COc1cc2c(N[C@@H]3CCOC3)c3ccccc3nc2cc1OCCCN1CCCC1.O=CO. The third kappa shape index (κ3) is 5.69. The van der Waals surface area contributed by atoms with Crippen LogP contribution in [-0.2, 0) is 9.53 Å². The van der Waals surface area contributed by atoms with E-state index in [2.05, 4.69) is 34.5 Å². The van der Waals surface area contributed by atoms with E-state index in [1.807, 2.05) is 12.1 Å². The number of methoxy groups -OCH3 is 1. The normalized spacial score (nSPS) is 18.0. The molecule has 0 bridgehead atoms. The van der Waals surface area contributed by atoms with E-state index in [-0.39, 0.29) is 6.47 Å². The predicted molar refractivity (Wildman–Crippen MR) is 133 cm³/mol. The molecule has 0 radical (unpaired) electrons. The minimum Gasteiger partial charge on any atom is -0.493 e. The van der Waals surface area contributed by atoms with Crippen molar-refractivity contribution in [1.82, 2.24) is 9.88 Å². The van der Waals surface area contributed by atoms with E-state index in [9.17, 15) is 0 Å². The van der Waals surface area contributed by atoms with Crippen molar-refractivity contribution in [2.45, 2.75) is 31.7 Å². The molecule has 0 spiro atoms. The number of para-hydroxylation sites is 1. The number of carboxylic acid groups (broad SMARTS) is 1.